The number of aliphatic hydroxyl groups excluding tert-OH is 1. The summed E-state index contributed by atoms with van der Waals surface area (Å²) < 4.78 is 23.9. The van der Waals surface area contributed by atoms with Gasteiger partial charge in [0.15, 0.2) is 0 Å². The molecule has 1 aliphatic heterocycles. The summed E-state index contributed by atoms with van der Waals surface area (Å²) in [5, 5.41) is 20.0. The van der Waals surface area contributed by atoms with Crippen LogP contribution in [0, 0.1) is 12.7 Å². The molecule has 2 atom stereocenters. The molecule has 19 heavy (non-hydrogen) atoms. The van der Waals surface area contributed by atoms with Crippen LogP contribution in [0.4, 0.5) is 4.39 Å². The van der Waals surface area contributed by atoms with Crippen LogP contribution < -0.4 is 0 Å². The SMILES string of the molecule is Cc1ccc(F)cc1C(O)C1(C)OB(O)OC1(C)C. The van der Waals surface area contributed by atoms with E-state index in [1.54, 1.807) is 33.8 Å². The fourth-order valence-corrected chi connectivity index (χ4v) is 2.34. The van der Waals surface area contributed by atoms with Gasteiger partial charge in [-0.15, -0.1) is 0 Å². The molecular formula is C13H18BFO4. The van der Waals surface area contributed by atoms with Crippen molar-refractivity contribution in [3.05, 3.63) is 35.1 Å². The summed E-state index contributed by atoms with van der Waals surface area (Å²) in [5.74, 6) is -0.430. The minimum absolute atomic E-state index is 0.424. The maximum atomic E-state index is 13.4. The highest BCUT2D eigenvalue weighted by Gasteiger charge is 2.58. The first kappa shape index (κ1) is 14.5. The molecule has 4 nitrogen and oxygen atoms in total. The molecule has 1 fully saturated rings. The first-order valence-corrected chi connectivity index (χ1v) is 6.15. The molecule has 1 saturated heterocycles. The average molecular weight is 268 g/mol. The minimum Gasteiger partial charge on any atom is -0.402 e. The Morgan fingerprint density at radius 3 is 2.42 bits per heavy atom. The van der Waals surface area contributed by atoms with Gasteiger partial charge in [0.1, 0.15) is 17.5 Å². The second-order valence-electron chi connectivity index (χ2n) is 5.56. The second kappa shape index (κ2) is 4.56. The summed E-state index contributed by atoms with van der Waals surface area (Å²) in [6.07, 6.45) is -1.12. The molecule has 0 aliphatic carbocycles. The predicted molar refractivity (Wildman–Crippen MR) is 68.7 cm³/mol. The number of hydrogen-bond acceptors (Lipinski definition) is 4. The molecule has 1 aromatic rings. The fraction of sp³-hybridized carbons (Fsp3) is 0.538. The maximum Gasteiger partial charge on any atom is 0.637 e. The Kier molecular flexibility index (Phi) is 3.47. The molecule has 0 bridgehead atoms. The van der Waals surface area contributed by atoms with E-state index in [1.807, 2.05) is 0 Å². The second-order valence-corrected chi connectivity index (χ2v) is 5.56. The van der Waals surface area contributed by atoms with Gasteiger partial charge in [0.2, 0.25) is 0 Å². The lowest BCUT2D eigenvalue weighted by atomic mass is 9.79. The van der Waals surface area contributed by atoms with Crippen molar-refractivity contribution in [3.8, 4) is 0 Å². The predicted octanol–water partition coefficient (Wildman–Crippen LogP) is 1.73. The van der Waals surface area contributed by atoms with Gasteiger partial charge in [0.25, 0.3) is 0 Å². The van der Waals surface area contributed by atoms with Crippen molar-refractivity contribution >= 4 is 7.32 Å². The molecule has 6 heteroatoms. The normalized spacial score (nSPS) is 27.6. The number of aryl methyl sites for hydroxylation is 1. The summed E-state index contributed by atoms with van der Waals surface area (Å²) in [6, 6.07) is 4.20. The van der Waals surface area contributed by atoms with Gasteiger partial charge in [-0.25, -0.2) is 4.39 Å². The zero-order valence-corrected chi connectivity index (χ0v) is 11.5. The molecule has 0 saturated carbocycles. The lowest BCUT2D eigenvalue weighted by molar-refractivity contribution is -0.100. The van der Waals surface area contributed by atoms with E-state index in [2.05, 4.69) is 0 Å². The molecule has 0 aromatic heterocycles. The van der Waals surface area contributed by atoms with Gasteiger partial charge < -0.3 is 19.4 Å². The zero-order valence-electron chi connectivity index (χ0n) is 11.5. The van der Waals surface area contributed by atoms with Crippen LogP contribution in [-0.4, -0.2) is 28.7 Å². The van der Waals surface area contributed by atoms with Gasteiger partial charge in [0, 0.05) is 0 Å². The largest absolute Gasteiger partial charge is 0.637 e. The summed E-state index contributed by atoms with van der Waals surface area (Å²) in [4.78, 5) is 0. The topological polar surface area (TPSA) is 58.9 Å². The van der Waals surface area contributed by atoms with Crippen LogP contribution in [0.5, 0.6) is 0 Å². The van der Waals surface area contributed by atoms with E-state index in [-0.39, 0.29) is 0 Å². The lowest BCUT2D eigenvalue weighted by Gasteiger charge is -2.40. The Morgan fingerprint density at radius 1 is 1.26 bits per heavy atom. The van der Waals surface area contributed by atoms with Gasteiger partial charge in [0.05, 0.1) is 5.60 Å². The molecule has 2 rings (SSSR count). The minimum atomic E-state index is -1.40. The van der Waals surface area contributed by atoms with E-state index in [9.17, 15) is 14.5 Å². The Labute approximate surface area is 112 Å². The van der Waals surface area contributed by atoms with E-state index < -0.39 is 30.4 Å². The van der Waals surface area contributed by atoms with Crippen molar-refractivity contribution in [2.45, 2.75) is 45.0 Å². The molecule has 0 spiro atoms. The van der Waals surface area contributed by atoms with Gasteiger partial charge in [-0.3, -0.25) is 0 Å². The fourth-order valence-electron chi connectivity index (χ4n) is 2.34. The number of rotatable bonds is 2. The van der Waals surface area contributed by atoms with Crippen molar-refractivity contribution in [3.63, 3.8) is 0 Å². The van der Waals surface area contributed by atoms with Gasteiger partial charge in [-0.05, 0) is 51.0 Å². The van der Waals surface area contributed by atoms with E-state index in [0.29, 0.717) is 5.56 Å². The number of halogens is 1. The molecular weight excluding hydrogens is 250 g/mol. The molecule has 104 valence electrons. The molecule has 2 unspecified atom stereocenters. The summed E-state index contributed by atoms with van der Waals surface area (Å²) in [5.41, 5.74) is -0.917. The van der Waals surface area contributed by atoms with Crippen LogP contribution in [0.15, 0.2) is 18.2 Å². The molecule has 0 radical (unpaired) electrons. The summed E-state index contributed by atoms with van der Waals surface area (Å²) >= 11 is 0. The quantitative estimate of drug-likeness (QED) is 0.802. The summed E-state index contributed by atoms with van der Waals surface area (Å²) in [6.45, 7) is 6.83. The standard InChI is InChI=1S/C13H18BFO4/c1-8-5-6-9(15)7-10(8)11(16)13(4)12(2,3)18-14(17)19-13/h5-7,11,16-17H,1-4H3. The Balaban J connectivity index is 2.43. The highest BCUT2D eigenvalue weighted by atomic mass is 19.1. The van der Waals surface area contributed by atoms with Crippen LogP contribution >= 0.6 is 0 Å². The highest BCUT2D eigenvalue weighted by molar-refractivity contribution is 6.35. The third-order valence-corrected chi connectivity index (χ3v) is 3.99. The van der Waals surface area contributed by atoms with Gasteiger partial charge in [-0.1, -0.05) is 6.07 Å². The molecule has 1 aromatic carbocycles. The monoisotopic (exact) mass is 268 g/mol. The molecule has 2 N–H and O–H groups in total. The van der Waals surface area contributed by atoms with E-state index >= 15 is 0 Å². The van der Waals surface area contributed by atoms with Crippen molar-refractivity contribution in [1.82, 2.24) is 0 Å². The van der Waals surface area contributed by atoms with Crippen LogP contribution in [0.25, 0.3) is 0 Å². The lowest BCUT2D eigenvalue weighted by Crippen LogP contribution is -2.49. The molecule has 1 heterocycles. The van der Waals surface area contributed by atoms with Crippen molar-refractivity contribution in [1.29, 1.82) is 0 Å². The molecule has 1 aliphatic rings. The maximum absolute atomic E-state index is 13.4. The van der Waals surface area contributed by atoms with Crippen LogP contribution in [0.3, 0.4) is 0 Å². The van der Waals surface area contributed by atoms with Gasteiger partial charge in [-0.2, -0.15) is 0 Å². The van der Waals surface area contributed by atoms with Crippen molar-refractivity contribution in [2.75, 3.05) is 0 Å². The number of benzene rings is 1. The number of hydrogen-bond donors (Lipinski definition) is 2. The Morgan fingerprint density at radius 2 is 1.89 bits per heavy atom. The van der Waals surface area contributed by atoms with Crippen molar-refractivity contribution < 1.29 is 23.8 Å². The van der Waals surface area contributed by atoms with Crippen LogP contribution in [0.1, 0.15) is 38.0 Å². The first-order valence-electron chi connectivity index (χ1n) is 6.15. The van der Waals surface area contributed by atoms with E-state index in [4.69, 9.17) is 9.31 Å². The van der Waals surface area contributed by atoms with Crippen LogP contribution in [-0.2, 0) is 9.31 Å². The van der Waals surface area contributed by atoms with Crippen LogP contribution in [0.2, 0.25) is 0 Å². The Bertz CT molecular complexity index is 494. The third-order valence-electron chi connectivity index (χ3n) is 3.99. The first-order chi connectivity index (χ1) is 8.67. The molecule has 0 amide bonds. The smallest absolute Gasteiger partial charge is 0.402 e. The summed E-state index contributed by atoms with van der Waals surface area (Å²) in [7, 11) is -1.40. The van der Waals surface area contributed by atoms with Crippen molar-refractivity contribution in [2.24, 2.45) is 0 Å². The van der Waals surface area contributed by atoms with Gasteiger partial charge >= 0.3 is 7.32 Å². The average Bonchev–Trinajstić information content (AvgIpc) is 2.50. The Hall–Kier alpha value is -0.945. The third kappa shape index (κ3) is 2.29. The number of aliphatic hydroxyl groups is 1. The highest BCUT2D eigenvalue weighted by Crippen LogP contribution is 2.45. The van der Waals surface area contributed by atoms with E-state index in [1.165, 1.54) is 12.1 Å². The van der Waals surface area contributed by atoms with E-state index in [0.717, 1.165) is 5.56 Å². The zero-order chi connectivity index (χ0) is 14.4.